The lowest BCUT2D eigenvalue weighted by Gasteiger charge is -2.17. The molecule has 0 spiro atoms. The first-order valence-electron chi connectivity index (χ1n) is 2.75. The molecule has 0 aromatic rings. The van der Waals surface area contributed by atoms with Crippen LogP contribution in [0.15, 0.2) is 8.91 Å². The van der Waals surface area contributed by atoms with Crippen LogP contribution in [-0.4, -0.2) is 20.4 Å². The Hall–Kier alpha value is 0.0200. The Labute approximate surface area is 86.2 Å². The van der Waals surface area contributed by atoms with Gasteiger partial charge < -0.3 is 0 Å². The summed E-state index contributed by atoms with van der Waals surface area (Å²) in [7, 11) is -4.51. The number of rotatable bonds is 0. The molecule has 0 atom stereocenters. The van der Waals surface area contributed by atoms with E-state index in [-0.39, 0.29) is 0 Å². The molecule has 0 amide bonds. The lowest BCUT2D eigenvalue weighted by Crippen LogP contribution is -2.40. The molecule has 5 nitrogen and oxygen atoms in total. The lowest BCUT2D eigenvalue weighted by atomic mass is 10.6. The van der Waals surface area contributed by atoms with Gasteiger partial charge in [-0.05, 0) is 22.5 Å². The molecule has 0 aromatic carbocycles. The molecule has 1 rings (SSSR count). The van der Waals surface area contributed by atoms with Crippen molar-refractivity contribution in [3.8, 4) is 0 Å². The van der Waals surface area contributed by atoms with Crippen molar-refractivity contribution in [2.75, 3.05) is 0 Å². The van der Waals surface area contributed by atoms with Crippen molar-refractivity contribution in [1.82, 2.24) is 4.72 Å². The molecule has 0 unspecified atom stereocenters. The highest BCUT2D eigenvalue weighted by molar-refractivity contribution is 8.13. The maximum Gasteiger partial charge on any atom is 0.450 e. The molecule has 12 heteroatoms. The smallest absolute Gasteiger partial charge is 0.244 e. The van der Waals surface area contributed by atoms with Crippen LogP contribution in [0.4, 0.5) is 13.2 Å². The molecule has 14 heavy (non-hydrogen) atoms. The Kier molecular flexibility index (Phi) is 2.82. The second-order valence-electron chi connectivity index (χ2n) is 2.06. The fraction of sp³-hybridized carbons (Fsp3) is 0.500. The number of alkyl halides is 3. The van der Waals surface area contributed by atoms with Crippen LogP contribution in [-0.2, 0) is 10.2 Å². The molecule has 82 valence electrons. The van der Waals surface area contributed by atoms with E-state index >= 15 is 0 Å². The summed E-state index contributed by atoms with van der Waals surface area (Å²) < 4.78 is 64.1. The quantitative estimate of drug-likeness (QED) is 0.695. The zero-order chi connectivity index (χ0) is 11.2. The Morgan fingerprint density at radius 3 is 2.21 bits per heavy atom. The van der Waals surface area contributed by atoms with E-state index in [0.717, 1.165) is 4.72 Å². The molecule has 0 aliphatic carbocycles. The lowest BCUT2D eigenvalue weighted by molar-refractivity contribution is -0.0605. The Balaban J connectivity index is 3.30. The highest BCUT2D eigenvalue weighted by Gasteiger charge is 2.42. The highest BCUT2D eigenvalue weighted by atomic mass is 35.9. The summed E-state index contributed by atoms with van der Waals surface area (Å²) in [4.78, 5) is 0. The van der Waals surface area contributed by atoms with Crippen LogP contribution in [0.25, 0.3) is 0 Å². The van der Waals surface area contributed by atoms with Crippen LogP contribution in [0.5, 0.6) is 0 Å². The van der Waals surface area contributed by atoms with Crippen LogP contribution < -0.4 is 4.72 Å². The zero-order valence-electron chi connectivity index (χ0n) is 5.96. The van der Waals surface area contributed by atoms with Gasteiger partial charge in [-0.2, -0.15) is 26.4 Å². The van der Waals surface area contributed by atoms with Crippen molar-refractivity contribution in [3.05, 3.63) is 0 Å². The summed E-state index contributed by atoms with van der Waals surface area (Å²) in [5.74, 6) is -5.58. The fourth-order valence-electron chi connectivity index (χ4n) is 0.545. The number of nitrogens with zero attached hydrogens (tertiary/aromatic N) is 2. The van der Waals surface area contributed by atoms with Crippen molar-refractivity contribution in [2.45, 2.75) is 6.18 Å². The first-order chi connectivity index (χ1) is 6.02. The molecular formula is C2HCl2F3N3O2PS. The molecule has 1 N–H and O–H groups in total. The van der Waals surface area contributed by atoms with Gasteiger partial charge in [-0.25, -0.2) is 4.72 Å². The monoisotopic (exact) mass is 289 g/mol. The third kappa shape index (κ3) is 3.01. The summed E-state index contributed by atoms with van der Waals surface area (Å²) in [5.41, 5.74) is 0. The second-order valence-corrected chi connectivity index (χ2v) is 8.33. The number of halogens is 5. The fourth-order valence-corrected chi connectivity index (χ4v) is 4.68. The van der Waals surface area contributed by atoms with Gasteiger partial charge >= 0.3 is 16.4 Å². The molecule has 1 aliphatic heterocycles. The van der Waals surface area contributed by atoms with E-state index in [9.17, 15) is 21.6 Å². The molecule has 0 saturated carbocycles. The number of amidine groups is 1. The number of hydrogen-bond donors (Lipinski definition) is 1. The molecule has 0 radical (unpaired) electrons. The van der Waals surface area contributed by atoms with E-state index in [1.807, 2.05) is 0 Å². The summed E-state index contributed by atoms with van der Waals surface area (Å²) in [6.07, 6.45) is -4.96. The van der Waals surface area contributed by atoms with Gasteiger partial charge in [0.1, 0.15) is 0 Å². The summed E-state index contributed by atoms with van der Waals surface area (Å²) in [5, 5.41) is 0. The molecule has 1 aliphatic rings. The third-order valence-corrected chi connectivity index (χ3v) is 5.02. The minimum atomic E-state index is -4.96. The molecular weight excluding hydrogens is 289 g/mol. The normalized spacial score (nSPS) is 24.5. The van der Waals surface area contributed by atoms with Gasteiger partial charge in [0.2, 0.25) is 5.84 Å². The van der Waals surface area contributed by atoms with E-state index in [1.165, 1.54) is 0 Å². The summed E-state index contributed by atoms with van der Waals surface area (Å²) in [6, 6.07) is 0. The van der Waals surface area contributed by atoms with Crippen LogP contribution in [0.3, 0.4) is 0 Å². The van der Waals surface area contributed by atoms with Gasteiger partial charge in [-0.15, -0.1) is 4.15 Å². The predicted molar refractivity (Wildman–Crippen MR) is 46.6 cm³/mol. The van der Waals surface area contributed by atoms with E-state index in [4.69, 9.17) is 22.5 Å². The van der Waals surface area contributed by atoms with Crippen molar-refractivity contribution < 1.29 is 21.6 Å². The van der Waals surface area contributed by atoms with Crippen LogP contribution >= 0.6 is 28.4 Å². The average molecular weight is 290 g/mol. The van der Waals surface area contributed by atoms with E-state index in [2.05, 4.69) is 8.91 Å². The van der Waals surface area contributed by atoms with E-state index < -0.39 is 28.1 Å². The number of hydrogen-bond acceptors (Lipinski definition) is 3. The van der Waals surface area contributed by atoms with Crippen molar-refractivity contribution >= 4 is 44.4 Å². The van der Waals surface area contributed by atoms with Gasteiger partial charge in [-0.1, -0.05) is 0 Å². The minimum Gasteiger partial charge on any atom is -0.244 e. The van der Waals surface area contributed by atoms with Crippen molar-refractivity contribution in [1.29, 1.82) is 0 Å². The third-order valence-electron chi connectivity index (χ3n) is 0.920. The van der Waals surface area contributed by atoms with Gasteiger partial charge in [0.25, 0.3) is 5.91 Å². The zero-order valence-corrected chi connectivity index (χ0v) is 9.18. The van der Waals surface area contributed by atoms with Gasteiger partial charge in [0.15, 0.2) is 0 Å². The first-order valence-corrected chi connectivity index (χ1v) is 7.69. The predicted octanol–water partition coefficient (Wildman–Crippen LogP) is 2.22. The number of nitrogens with one attached hydrogen (secondary N) is 1. The maximum atomic E-state index is 12.0. The Morgan fingerprint density at radius 1 is 1.36 bits per heavy atom. The minimum absolute atomic E-state index is 1.08. The van der Waals surface area contributed by atoms with Crippen LogP contribution in [0.2, 0.25) is 0 Å². The average Bonchev–Trinajstić information content (AvgIpc) is 1.76. The Morgan fingerprint density at radius 2 is 1.86 bits per heavy atom. The first kappa shape index (κ1) is 12.1. The van der Waals surface area contributed by atoms with Gasteiger partial charge in [-0.3, -0.25) is 0 Å². The molecule has 0 aromatic heterocycles. The summed E-state index contributed by atoms with van der Waals surface area (Å²) in [6.45, 7) is 0. The molecule has 1 heterocycles. The largest absolute Gasteiger partial charge is 0.450 e. The second kappa shape index (κ2) is 3.26. The van der Waals surface area contributed by atoms with Gasteiger partial charge in [0, 0.05) is 0 Å². The highest BCUT2D eigenvalue weighted by Crippen LogP contribution is 2.63. The SMILES string of the molecule is O=S1(=O)N=P(Cl)(Cl)N=C(C(F)(F)F)N1. The van der Waals surface area contributed by atoms with E-state index in [0.29, 0.717) is 0 Å². The Bertz CT molecular complexity index is 435. The molecule has 0 bridgehead atoms. The topological polar surface area (TPSA) is 70.9 Å². The molecule has 0 saturated heterocycles. The standard InChI is InChI=1S/C2HCl2F3N3O2PS/c3-13(4)8-1(2(5,6)7)9-14(11,12)10-13/h(H,8,9). The van der Waals surface area contributed by atoms with Crippen molar-refractivity contribution in [3.63, 3.8) is 0 Å². The van der Waals surface area contributed by atoms with Gasteiger partial charge in [0.05, 0.1) is 0 Å². The molecule has 0 fully saturated rings. The summed E-state index contributed by atoms with van der Waals surface area (Å²) >= 11 is 10.3. The van der Waals surface area contributed by atoms with E-state index in [1.54, 1.807) is 0 Å². The van der Waals surface area contributed by atoms with Crippen molar-refractivity contribution in [2.24, 2.45) is 8.91 Å². The maximum absolute atomic E-state index is 12.0. The van der Waals surface area contributed by atoms with Crippen LogP contribution in [0.1, 0.15) is 0 Å². The van der Waals surface area contributed by atoms with Crippen LogP contribution in [0, 0.1) is 0 Å².